The molecule has 1 fully saturated rings. The van der Waals surface area contributed by atoms with E-state index in [1.54, 1.807) is 98.8 Å². The molecule has 566 valence electrons. The summed E-state index contributed by atoms with van der Waals surface area (Å²) in [6.45, 7) is 7.58. The average molecular weight is 1450 g/mol. The topological polar surface area (TPSA) is 433 Å². The van der Waals surface area contributed by atoms with E-state index in [0.29, 0.717) is 23.1 Å². The van der Waals surface area contributed by atoms with Crippen LogP contribution >= 0.6 is 0 Å². The third kappa shape index (κ3) is 24.8. The van der Waals surface area contributed by atoms with E-state index in [1.807, 2.05) is 68.4 Å². The number of carboxylic acid groups (broad SMARTS) is 1. The van der Waals surface area contributed by atoms with Crippen molar-refractivity contribution in [2.45, 2.75) is 184 Å². The molecule has 5 aromatic carbocycles. The number of nitrogens with zero attached hydrogens (tertiary/aromatic N) is 1. The molecule has 5 aromatic rings. The normalized spacial score (nSPS) is 15.7. The van der Waals surface area contributed by atoms with Crippen molar-refractivity contribution in [3.8, 4) is 11.1 Å². The average Bonchev–Trinajstić information content (AvgIpc) is 1.61. The van der Waals surface area contributed by atoms with Crippen LogP contribution in [0.2, 0.25) is 0 Å². The fourth-order valence-electron chi connectivity index (χ4n) is 13.2. The van der Waals surface area contributed by atoms with Crippen molar-refractivity contribution in [1.29, 1.82) is 0 Å². The maximum atomic E-state index is 14.8. The van der Waals surface area contributed by atoms with Gasteiger partial charge in [-0.05, 0) is 148 Å². The Labute approximate surface area is 614 Å². The van der Waals surface area contributed by atoms with Gasteiger partial charge in [-0.15, -0.1) is 0 Å². The molecule has 2 aliphatic rings. The van der Waals surface area contributed by atoms with E-state index in [2.05, 4.69) is 47.9 Å². The minimum Gasteiger partial charge on any atom is -0.480 e. The number of hydrogen-bond donors (Lipinski definition) is 14. The zero-order valence-corrected chi connectivity index (χ0v) is 60.5. The number of hydrogen-bond acceptors (Lipinski definition) is 16. The Morgan fingerprint density at radius 2 is 0.771 bits per heavy atom. The molecule has 0 radical (unpaired) electrons. The Hall–Kier alpha value is -10.1. The number of benzene rings is 5. The van der Waals surface area contributed by atoms with Crippen molar-refractivity contribution in [2.24, 2.45) is 34.8 Å². The summed E-state index contributed by atoms with van der Waals surface area (Å²) in [4.78, 5) is 158. The third-order valence-electron chi connectivity index (χ3n) is 18.8. The Balaban J connectivity index is 1.04. The maximum Gasteiger partial charge on any atom is 0.407 e. The highest BCUT2D eigenvalue weighted by molar-refractivity contribution is 5.99. The molecule has 0 unspecified atom stereocenters. The Morgan fingerprint density at radius 3 is 1.18 bits per heavy atom. The van der Waals surface area contributed by atoms with E-state index in [9.17, 15) is 57.8 Å². The second kappa shape index (κ2) is 42.0. The van der Waals surface area contributed by atoms with Crippen LogP contribution < -0.4 is 70.8 Å². The van der Waals surface area contributed by atoms with Crippen LogP contribution in [0.1, 0.15) is 132 Å². The first kappa shape index (κ1) is 82.2. The van der Waals surface area contributed by atoms with Crippen molar-refractivity contribution in [3.05, 3.63) is 167 Å². The number of rotatable bonds is 42. The molecule has 1 saturated heterocycles. The lowest BCUT2D eigenvalue weighted by atomic mass is 9.98. The third-order valence-corrected chi connectivity index (χ3v) is 18.8. The van der Waals surface area contributed by atoms with Crippen LogP contribution in [-0.2, 0) is 71.9 Å². The van der Waals surface area contributed by atoms with Gasteiger partial charge in [-0.2, -0.15) is 0 Å². The predicted molar refractivity (Wildman–Crippen MR) is 398 cm³/mol. The molecular weight excluding hydrogens is 1340 g/mol. The Kier molecular flexibility index (Phi) is 32.9. The van der Waals surface area contributed by atoms with Gasteiger partial charge < -0.3 is 85.5 Å². The molecule has 0 saturated carbocycles. The number of carbonyl (C=O) groups excluding carboxylic acids is 10. The van der Waals surface area contributed by atoms with Crippen LogP contribution in [0, 0.1) is 11.8 Å². The Bertz CT molecular complexity index is 3660. The number of aliphatic carboxylic acids is 1. The quantitative estimate of drug-likeness (QED) is 0.0267. The second-order valence-corrected chi connectivity index (χ2v) is 27.6. The second-order valence-electron chi connectivity index (χ2n) is 27.6. The summed E-state index contributed by atoms with van der Waals surface area (Å²) < 4.78 is 5.88. The van der Waals surface area contributed by atoms with E-state index in [0.717, 1.165) is 22.3 Å². The highest BCUT2D eigenvalue weighted by Crippen LogP contribution is 2.44. The number of likely N-dealkylation sites (tertiary alicyclic amines) is 1. The van der Waals surface area contributed by atoms with Gasteiger partial charge in [-0.1, -0.05) is 167 Å². The van der Waals surface area contributed by atoms with Crippen molar-refractivity contribution < 1.29 is 62.6 Å². The number of carboxylic acids is 1. The Morgan fingerprint density at radius 1 is 0.429 bits per heavy atom. The standard InChI is InChI=1S/C78H106N14O13/c1-48(2)43-62(72(97)89-65(46-52-27-12-7-13-28-52)76(101)92-42-22-37-66(92)77(102)103)87-70(95)60(35-20-40-81)86-75(100)67(49(3)4)91-71(96)61(36-21-41-82)84-68(93)58(33-18-38-79)83-69(94)59(34-19-39-80)85-73(98)63(44-50-23-8-5-9-24-50)88-74(99)64(45-51-25-10-6-11-26-51)90-78(104)105-47-57-55-31-16-14-29-53(55)54-30-15-17-32-56(54)57/h5-17,23-32,48-49,57-67H,18-22,33-47,79-82H2,1-4H3,(H,83,94)(H,84,93)(H,85,98)(H,86,100)(H,87,95)(H,88,99)(H,89,97)(H,90,104)(H,91,96)(H,102,103)/t58-,59-,60-,61-,62-,63+,64-,65+,66-,67-/m0/s1. The van der Waals surface area contributed by atoms with Crippen LogP contribution in [0.3, 0.4) is 0 Å². The zero-order valence-electron chi connectivity index (χ0n) is 60.5. The first-order valence-corrected chi connectivity index (χ1v) is 36.5. The van der Waals surface area contributed by atoms with Crippen molar-refractivity contribution in [1.82, 2.24) is 52.8 Å². The van der Waals surface area contributed by atoms with Gasteiger partial charge in [0.15, 0.2) is 0 Å². The molecule has 18 N–H and O–H groups in total. The lowest BCUT2D eigenvalue weighted by Gasteiger charge is -2.30. The van der Waals surface area contributed by atoms with E-state index in [-0.39, 0.29) is 135 Å². The van der Waals surface area contributed by atoms with Gasteiger partial charge in [0.2, 0.25) is 53.2 Å². The van der Waals surface area contributed by atoms with Gasteiger partial charge >= 0.3 is 12.1 Å². The van der Waals surface area contributed by atoms with Crippen molar-refractivity contribution in [2.75, 3.05) is 39.3 Å². The van der Waals surface area contributed by atoms with Gasteiger partial charge in [0.25, 0.3) is 0 Å². The fraction of sp³-hybridized carbons (Fsp3) is 0.474. The first-order valence-electron chi connectivity index (χ1n) is 36.5. The molecule has 1 aliphatic heterocycles. The first-order chi connectivity index (χ1) is 50.5. The van der Waals surface area contributed by atoms with Gasteiger partial charge in [-0.25, -0.2) is 9.59 Å². The fourth-order valence-corrected chi connectivity index (χ4v) is 13.2. The highest BCUT2D eigenvalue weighted by Gasteiger charge is 2.41. The zero-order chi connectivity index (χ0) is 76.0. The lowest BCUT2D eigenvalue weighted by Crippen LogP contribution is -2.61. The lowest BCUT2D eigenvalue weighted by molar-refractivity contribution is -0.149. The largest absolute Gasteiger partial charge is 0.480 e. The molecular formula is C78H106N14O13. The van der Waals surface area contributed by atoms with Gasteiger partial charge in [-0.3, -0.25) is 43.2 Å². The molecule has 27 nitrogen and oxygen atoms in total. The molecule has 1 aliphatic carbocycles. The molecule has 10 atom stereocenters. The van der Waals surface area contributed by atoms with Gasteiger partial charge in [0.1, 0.15) is 67.0 Å². The van der Waals surface area contributed by atoms with Gasteiger partial charge in [0.05, 0.1) is 0 Å². The number of carbonyl (C=O) groups is 11. The summed E-state index contributed by atoms with van der Waals surface area (Å²) >= 11 is 0. The van der Waals surface area contributed by atoms with Crippen LogP contribution in [0.5, 0.6) is 0 Å². The number of amides is 10. The number of nitrogens with two attached hydrogens (primary N) is 4. The molecule has 0 aromatic heterocycles. The molecule has 105 heavy (non-hydrogen) atoms. The summed E-state index contributed by atoms with van der Waals surface area (Å²) in [7, 11) is 0. The van der Waals surface area contributed by atoms with Gasteiger partial charge in [0, 0.05) is 31.7 Å². The number of alkyl carbamates (subject to hydrolysis) is 1. The van der Waals surface area contributed by atoms with Crippen LogP contribution in [0.25, 0.3) is 11.1 Å². The molecule has 10 amide bonds. The molecule has 27 heteroatoms. The highest BCUT2D eigenvalue weighted by atomic mass is 16.5. The van der Waals surface area contributed by atoms with Crippen molar-refractivity contribution in [3.63, 3.8) is 0 Å². The molecule has 1 heterocycles. The SMILES string of the molecule is CC(C)C[C@H](NC(=O)[C@H](CCCN)NC(=O)[C@@H](NC(=O)[C@H](CCCN)NC(=O)[C@H](CCCN)NC(=O)[C@H](CCCN)NC(=O)[C@@H](Cc1ccccc1)NC(=O)[C@H](Cc1ccccc1)NC(=O)OCC1c2ccccc2-c2ccccc21)C(C)C)C(=O)N[C@H](Cc1ccccc1)C(=O)N1CCC[C@H]1C(=O)O. The van der Waals surface area contributed by atoms with E-state index in [1.165, 1.54) is 4.90 Å². The monoisotopic (exact) mass is 1450 g/mol. The van der Waals surface area contributed by atoms with Crippen LogP contribution in [0.4, 0.5) is 4.79 Å². The smallest absolute Gasteiger partial charge is 0.407 e. The summed E-state index contributed by atoms with van der Waals surface area (Å²) in [5.41, 5.74) is 30.0. The van der Waals surface area contributed by atoms with E-state index < -0.39 is 132 Å². The summed E-state index contributed by atoms with van der Waals surface area (Å²) in [5.74, 6) is -8.92. The summed E-state index contributed by atoms with van der Waals surface area (Å²) in [6.07, 6.45) is 0.825. The molecule has 0 bridgehead atoms. The summed E-state index contributed by atoms with van der Waals surface area (Å²) in [5, 5.41) is 35.0. The molecule has 0 spiro atoms. The predicted octanol–water partition coefficient (Wildman–Crippen LogP) is 3.23. The summed E-state index contributed by atoms with van der Waals surface area (Å²) in [6, 6.07) is 29.9. The van der Waals surface area contributed by atoms with E-state index in [4.69, 9.17) is 27.7 Å². The number of fused-ring (bicyclic) bond motifs is 3. The van der Waals surface area contributed by atoms with E-state index >= 15 is 0 Å². The minimum atomic E-state index is -1.34. The number of nitrogens with one attached hydrogen (secondary N) is 9. The van der Waals surface area contributed by atoms with Crippen LogP contribution in [-0.4, -0.2) is 175 Å². The van der Waals surface area contributed by atoms with Crippen molar-refractivity contribution >= 4 is 65.2 Å². The molecule has 7 rings (SSSR count). The maximum absolute atomic E-state index is 14.8. The number of ether oxygens (including phenoxy) is 1. The van der Waals surface area contributed by atoms with Crippen LogP contribution in [0.15, 0.2) is 140 Å². The minimum absolute atomic E-state index is 0.0109.